The van der Waals surface area contributed by atoms with Gasteiger partial charge in [0.25, 0.3) is 0 Å². The van der Waals surface area contributed by atoms with Gasteiger partial charge in [-0.3, -0.25) is 9.59 Å². The molecule has 0 radical (unpaired) electrons. The zero-order chi connectivity index (χ0) is 18.5. The second-order valence-electron chi connectivity index (χ2n) is 6.78. The fourth-order valence-electron chi connectivity index (χ4n) is 3.70. The van der Waals surface area contributed by atoms with E-state index < -0.39 is 0 Å². The van der Waals surface area contributed by atoms with E-state index >= 15 is 0 Å². The molecule has 3 rings (SSSR count). The molecule has 1 saturated carbocycles. The van der Waals surface area contributed by atoms with Crippen LogP contribution in [0.3, 0.4) is 0 Å². The van der Waals surface area contributed by atoms with Crippen LogP contribution in [0.2, 0.25) is 0 Å². The number of rotatable bonds is 6. The highest BCUT2D eigenvalue weighted by Crippen LogP contribution is 2.34. The monoisotopic (exact) mass is 373 g/mol. The Labute approximate surface area is 159 Å². The van der Waals surface area contributed by atoms with Crippen molar-refractivity contribution >= 4 is 28.4 Å². The highest BCUT2D eigenvalue weighted by Gasteiger charge is 2.37. The number of carbonyl (C=O) groups excluding carboxylic acids is 2. The topological polar surface area (TPSA) is 55.2 Å². The lowest BCUT2D eigenvalue weighted by atomic mass is 9.79. The summed E-state index contributed by atoms with van der Waals surface area (Å²) in [5.74, 6) is -0.656. The quantitative estimate of drug-likeness (QED) is 0.713. The van der Waals surface area contributed by atoms with E-state index in [1.54, 1.807) is 17.4 Å². The summed E-state index contributed by atoms with van der Waals surface area (Å²) in [6.07, 6.45) is 9.56. The average molecular weight is 374 g/mol. The molecule has 138 valence electrons. The van der Waals surface area contributed by atoms with Crippen LogP contribution in [-0.4, -0.2) is 27.2 Å². The van der Waals surface area contributed by atoms with Gasteiger partial charge in [0.2, 0.25) is 11.1 Å². The minimum Gasteiger partial charge on any atom is -0.312 e. The maximum absolute atomic E-state index is 13.2. The lowest BCUT2D eigenvalue weighted by Gasteiger charge is -2.33. The average Bonchev–Trinajstić information content (AvgIpc) is 3.20. The van der Waals surface area contributed by atoms with Gasteiger partial charge in [-0.1, -0.05) is 19.8 Å². The van der Waals surface area contributed by atoms with Crippen LogP contribution in [0, 0.1) is 11.8 Å². The normalized spacial score (nSPS) is 19.9. The van der Waals surface area contributed by atoms with E-state index in [4.69, 9.17) is 11.6 Å². The smallest absolute Gasteiger partial charge is 0.230 e. The second kappa shape index (κ2) is 8.49. The summed E-state index contributed by atoms with van der Waals surface area (Å²) in [5.41, 5.74) is 1.84. The lowest BCUT2D eigenvalue weighted by Crippen LogP contribution is -2.42. The standard InChI is InChI=1S/C20H24ClN3O2/c1-2-12-24(20(26)18-6-4-3-5-17(18)19(21)25)16-9-7-15(8-10-16)23-13-11-22-14-23/h7-11,13-14,17-18H,2-6,12H2,1H3. The van der Waals surface area contributed by atoms with Crippen LogP contribution in [0.25, 0.3) is 5.69 Å². The van der Waals surface area contributed by atoms with Crippen molar-refractivity contribution in [3.63, 3.8) is 0 Å². The van der Waals surface area contributed by atoms with E-state index in [2.05, 4.69) is 4.98 Å². The number of anilines is 1. The summed E-state index contributed by atoms with van der Waals surface area (Å²) in [5, 5.41) is -0.380. The van der Waals surface area contributed by atoms with Crippen molar-refractivity contribution in [1.82, 2.24) is 9.55 Å². The third-order valence-corrected chi connectivity index (χ3v) is 5.33. The van der Waals surface area contributed by atoms with Crippen molar-refractivity contribution < 1.29 is 9.59 Å². The van der Waals surface area contributed by atoms with Crippen molar-refractivity contribution in [2.45, 2.75) is 39.0 Å². The van der Waals surface area contributed by atoms with Gasteiger partial charge in [0.1, 0.15) is 0 Å². The van der Waals surface area contributed by atoms with Gasteiger partial charge in [-0.15, -0.1) is 0 Å². The molecule has 1 amide bonds. The Bertz CT molecular complexity index is 743. The first-order valence-corrected chi connectivity index (χ1v) is 9.58. The number of nitrogens with zero attached hydrogens (tertiary/aromatic N) is 3. The molecule has 1 aliphatic rings. The zero-order valence-corrected chi connectivity index (χ0v) is 15.7. The van der Waals surface area contributed by atoms with E-state index in [1.165, 1.54) is 0 Å². The SMILES string of the molecule is CCCN(C(=O)C1CCCCC1C(=O)Cl)c1ccc(-n2ccnc2)cc1. The molecular formula is C20H24ClN3O2. The Morgan fingerprint density at radius 2 is 1.88 bits per heavy atom. The highest BCUT2D eigenvalue weighted by molar-refractivity contribution is 6.64. The van der Waals surface area contributed by atoms with Gasteiger partial charge in [0, 0.05) is 42.1 Å². The Balaban J connectivity index is 1.83. The van der Waals surface area contributed by atoms with Crippen molar-refractivity contribution in [2.24, 2.45) is 11.8 Å². The van der Waals surface area contributed by atoms with Gasteiger partial charge in [-0.05, 0) is 55.1 Å². The number of hydrogen-bond donors (Lipinski definition) is 0. The minimum absolute atomic E-state index is 0.0148. The number of halogens is 1. The molecule has 5 nitrogen and oxygen atoms in total. The van der Waals surface area contributed by atoms with Crippen LogP contribution in [0.1, 0.15) is 39.0 Å². The van der Waals surface area contributed by atoms with Crippen molar-refractivity contribution in [3.05, 3.63) is 43.0 Å². The molecule has 2 atom stereocenters. The van der Waals surface area contributed by atoms with E-state index in [1.807, 2.05) is 42.0 Å². The first-order valence-electron chi connectivity index (χ1n) is 9.21. The molecule has 1 heterocycles. The number of carbonyl (C=O) groups is 2. The first kappa shape index (κ1) is 18.6. The molecule has 2 aromatic rings. The number of amides is 1. The maximum atomic E-state index is 13.2. The van der Waals surface area contributed by atoms with Crippen LogP contribution in [0.5, 0.6) is 0 Å². The van der Waals surface area contributed by atoms with Crippen LogP contribution in [0.15, 0.2) is 43.0 Å². The van der Waals surface area contributed by atoms with E-state index in [0.717, 1.165) is 37.1 Å². The molecule has 1 fully saturated rings. The molecule has 1 aromatic heterocycles. The Morgan fingerprint density at radius 3 is 2.46 bits per heavy atom. The summed E-state index contributed by atoms with van der Waals surface area (Å²) in [6, 6.07) is 7.84. The van der Waals surface area contributed by atoms with Crippen molar-refractivity contribution in [3.8, 4) is 5.69 Å². The molecule has 0 spiro atoms. The highest BCUT2D eigenvalue weighted by atomic mass is 35.5. The third-order valence-electron chi connectivity index (χ3n) is 5.05. The van der Waals surface area contributed by atoms with Gasteiger partial charge in [0.15, 0.2) is 0 Å². The number of aromatic nitrogens is 2. The maximum Gasteiger partial charge on any atom is 0.230 e. The molecule has 0 saturated heterocycles. The van der Waals surface area contributed by atoms with Gasteiger partial charge < -0.3 is 9.47 Å². The van der Waals surface area contributed by atoms with Gasteiger partial charge in [0.05, 0.1) is 6.33 Å². The van der Waals surface area contributed by atoms with Crippen LogP contribution >= 0.6 is 11.6 Å². The second-order valence-corrected chi connectivity index (χ2v) is 7.15. The molecule has 1 aliphatic carbocycles. The van der Waals surface area contributed by atoms with Crippen molar-refractivity contribution in [1.29, 1.82) is 0 Å². The zero-order valence-electron chi connectivity index (χ0n) is 15.0. The minimum atomic E-state index is -0.380. The van der Waals surface area contributed by atoms with Crippen LogP contribution in [-0.2, 0) is 9.59 Å². The van der Waals surface area contributed by atoms with Gasteiger partial charge in [-0.2, -0.15) is 0 Å². The molecular weight excluding hydrogens is 350 g/mol. The molecule has 26 heavy (non-hydrogen) atoms. The van der Waals surface area contributed by atoms with E-state index in [-0.39, 0.29) is 23.0 Å². The van der Waals surface area contributed by atoms with Crippen molar-refractivity contribution in [2.75, 3.05) is 11.4 Å². The number of benzene rings is 1. The van der Waals surface area contributed by atoms with Gasteiger partial charge in [-0.25, -0.2) is 4.98 Å². The Kier molecular flexibility index (Phi) is 6.09. The molecule has 6 heteroatoms. The van der Waals surface area contributed by atoms with E-state index in [9.17, 15) is 9.59 Å². The number of hydrogen-bond acceptors (Lipinski definition) is 3. The molecule has 2 unspecified atom stereocenters. The summed E-state index contributed by atoms with van der Waals surface area (Å²) >= 11 is 5.78. The number of imidazole rings is 1. The predicted octanol–water partition coefficient (Wildman–Crippen LogP) is 4.19. The fourth-order valence-corrected chi connectivity index (χ4v) is 3.97. The predicted molar refractivity (Wildman–Crippen MR) is 103 cm³/mol. The molecule has 0 bridgehead atoms. The Morgan fingerprint density at radius 1 is 1.19 bits per heavy atom. The summed E-state index contributed by atoms with van der Waals surface area (Å²) in [7, 11) is 0. The molecule has 1 aromatic carbocycles. The molecule has 0 N–H and O–H groups in total. The fraction of sp³-hybridized carbons (Fsp3) is 0.450. The first-order chi connectivity index (χ1) is 12.6. The summed E-state index contributed by atoms with van der Waals surface area (Å²) in [6.45, 7) is 2.67. The molecule has 0 aliphatic heterocycles. The lowest BCUT2D eigenvalue weighted by molar-refractivity contribution is -0.130. The summed E-state index contributed by atoms with van der Waals surface area (Å²) < 4.78 is 1.92. The largest absolute Gasteiger partial charge is 0.312 e. The Hall–Kier alpha value is -2.14. The van der Waals surface area contributed by atoms with Crippen LogP contribution < -0.4 is 4.90 Å². The van der Waals surface area contributed by atoms with Crippen LogP contribution in [0.4, 0.5) is 5.69 Å². The van der Waals surface area contributed by atoms with E-state index in [0.29, 0.717) is 13.0 Å². The summed E-state index contributed by atoms with van der Waals surface area (Å²) in [4.78, 5) is 30.9. The third kappa shape index (κ3) is 3.98. The van der Waals surface area contributed by atoms with Gasteiger partial charge >= 0.3 is 0 Å².